The van der Waals surface area contributed by atoms with Crippen LogP contribution in [0.25, 0.3) is 0 Å². The summed E-state index contributed by atoms with van der Waals surface area (Å²) in [4.78, 5) is 11.8. The highest BCUT2D eigenvalue weighted by molar-refractivity contribution is 9.10. The number of sulfonamides is 1. The Labute approximate surface area is 138 Å². The number of benzene rings is 1. The van der Waals surface area contributed by atoms with Crippen molar-refractivity contribution in [1.82, 2.24) is 4.72 Å². The summed E-state index contributed by atoms with van der Waals surface area (Å²) in [6.07, 6.45) is 0. The lowest BCUT2D eigenvalue weighted by atomic mass is 10.2. The zero-order valence-electron chi connectivity index (χ0n) is 10.3. The molecule has 112 valence electrons. The second-order valence-electron chi connectivity index (χ2n) is 3.98. The zero-order chi connectivity index (χ0) is 15.6. The van der Waals surface area contributed by atoms with Crippen molar-refractivity contribution in [3.8, 4) is 0 Å². The van der Waals surface area contributed by atoms with Gasteiger partial charge >= 0.3 is 5.97 Å². The SMILES string of the molecule is O=C(O)c1cc(S(=O)(=O)NCc2cccs2)cc(Br)c1Cl. The van der Waals surface area contributed by atoms with Gasteiger partial charge in [0.2, 0.25) is 10.0 Å². The van der Waals surface area contributed by atoms with Crippen LogP contribution >= 0.6 is 38.9 Å². The van der Waals surface area contributed by atoms with E-state index in [1.165, 1.54) is 17.4 Å². The zero-order valence-corrected chi connectivity index (χ0v) is 14.3. The lowest BCUT2D eigenvalue weighted by Crippen LogP contribution is -2.23. The minimum Gasteiger partial charge on any atom is -0.478 e. The number of carboxylic acids is 1. The van der Waals surface area contributed by atoms with Gasteiger partial charge in [-0.25, -0.2) is 17.9 Å². The number of carboxylic acid groups (broad SMARTS) is 1. The third kappa shape index (κ3) is 3.83. The molecular formula is C12H9BrClNO4S2. The number of rotatable bonds is 5. The number of hydrogen-bond acceptors (Lipinski definition) is 4. The van der Waals surface area contributed by atoms with E-state index in [4.69, 9.17) is 16.7 Å². The largest absolute Gasteiger partial charge is 0.478 e. The molecule has 5 nitrogen and oxygen atoms in total. The van der Waals surface area contributed by atoms with Crippen LogP contribution in [0.4, 0.5) is 0 Å². The maximum Gasteiger partial charge on any atom is 0.337 e. The van der Waals surface area contributed by atoms with Gasteiger partial charge in [-0.15, -0.1) is 11.3 Å². The highest BCUT2D eigenvalue weighted by Gasteiger charge is 2.20. The molecule has 2 rings (SSSR count). The van der Waals surface area contributed by atoms with Crippen molar-refractivity contribution < 1.29 is 18.3 Å². The summed E-state index contributed by atoms with van der Waals surface area (Å²) in [6.45, 7) is 0.142. The number of carbonyl (C=O) groups is 1. The first-order valence-corrected chi connectivity index (χ1v) is 9.09. The van der Waals surface area contributed by atoms with E-state index in [0.717, 1.165) is 10.9 Å². The van der Waals surface area contributed by atoms with Crippen molar-refractivity contribution >= 4 is 54.9 Å². The van der Waals surface area contributed by atoms with Gasteiger partial charge in [0.1, 0.15) is 0 Å². The summed E-state index contributed by atoms with van der Waals surface area (Å²) in [5.41, 5.74) is -0.275. The molecule has 0 unspecified atom stereocenters. The summed E-state index contributed by atoms with van der Waals surface area (Å²) in [6, 6.07) is 5.92. The summed E-state index contributed by atoms with van der Waals surface area (Å²) < 4.78 is 27.0. The first-order valence-electron chi connectivity index (χ1n) is 5.55. The predicted octanol–water partition coefficient (Wildman–Crippen LogP) is 3.34. The molecule has 0 radical (unpaired) electrons. The molecule has 1 aromatic carbocycles. The minimum atomic E-state index is -3.83. The summed E-state index contributed by atoms with van der Waals surface area (Å²) in [5, 5.41) is 10.8. The van der Waals surface area contributed by atoms with Gasteiger partial charge in [0.15, 0.2) is 0 Å². The molecule has 1 heterocycles. The highest BCUT2D eigenvalue weighted by Crippen LogP contribution is 2.30. The van der Waals surface area contributed by atoms with E-state index < -0.39 is 16.0 Å². The second-order valence-corrected chi connectivity index (χ2v) is 8.01. The minimum absolute atomic E-state index is 0.0419. The van der Waals surface area contributed by atoms with E-state index in [1.54, 1.807) is 6.07 Å². The van der Waals surface area contributed by atoms with Gasteiger partial charge in [0.05, 0.1) is 15.5 Å². The quantitative estimate of drug-likeness (QED) is 0.792. The van der Waals surface area contributed by atoms with Gasteiger partial charge in [0.25, 0.3) is 0 Å². The average molecular weight is 411 g/mol. The molecule has 2 N–H and O–H groups in total. The molecule has 0 aliphatic carbocycles. The number of aromatic carboxylic acids is 1. The highest BCUT2D eigenvalue weighted by atomic mass is 79.9. The van der Waals surface area contributed by atoms with E-state index in [0.29, 0.717) is 0 Å². The van der Waals surface area contributed by atoms with Crippen LogP contribution in [0.5, 0.6) is 0 Å². The molecule has 0 saturated heterocycles. The first kappa shape index (κ1) is 16.4. The number of thiophene rings is 1. The lowest BCUT2D eigenvalue weighted by Gasteiger charge is -2.09. The molecule has 0 amide bonds. The Hall–Kier alpha value is -0.930. The number of nitrogens with one attached hydrogen (secondary N) is 1. The summed E-state index contributed by atoms with van der Waals surface area (Å²) in [7, 11) is -3.83. The van der Waals surface area contributed by atoms with Crippen LogP contribution < -0.4 is 4.72 Å². The molecular weight excluding hydrogens is 402 g/mol. The van der Waals surface area contributed by atoms with Crippen molar-refractivity contribution in [3.63, 3.8) is 0 Å². The van der Waals surface area contributed by atoms with Crippen LogP contribution in [0, 0.1) is 0 Å². The van der Waals surface area contributed by atoms with Crippen LogP contribution in [0.15, 0.2) is 39.0 Å². The third-order valence-corrected chi connectivity index (χ3v) is 6.08. The molecule has 0 fully saturated rings. The van der Waals surface area contributed by atoms with Gasteiger partial charge in [0, 0.05) is 15.9 Å². The lowest BCUT2D eigenvalue weighted by molar-refractivity contribution is 0.0696. The van der Waals surface area contributed by atoms with Crippen LogP contribution in [0.2, 0.25) is 5.02 Å². The Morgan fingerprint density at radius 1 is 1.43 bits per heavy atom. The Bertz CT molecular complexity index is 775. The predicted molar refractivity (Wildman–Crippen MR) is 84.5 cm³/mol. The van der Waals surface area contributed by atoms with Crippen LogP contribution in [0.3, 0.4) is 0 Å². The molecule has 1 aromatic heterocycles. The van der Waals surface area contributed by atoms with Gasteiger partial charge in [-0.3, -0.25) is 0 Å². The fourth-order valence-corrected chi connectivity index (χ4v) is 4.13. The normalized spacial score (nSPS) is 11.5. The smallest absolute Gasteiger partial charge is 0.337 e. The van der Waals surface area contributed by atoms with Crippen LogP contribution in [-0.4, -0.2) is 19.5 Å². The summed E-state index contributed by atoms with van der Waals surface area (Å²) >= 11 is 10.3. The number of halogens is 2. The van der Waals surface area contributed by atoms with E-state index >= 15 is 0 Å². The average Bonchev–Trinajstić information content (AvgIpc) is 2.92. The molecule has 21 heavy (non-hydrogen) atoms. The standard InChI is InChI=1S/C12H9BrClNO4S2/c13-10-5-8(4-9(11(10)14)12(16)17)21(18,19)15-6-7-2-1-3-20-7/h1-5,15H,6H2,(H,16,17). The molecule has 0 spiro atoms. The van der Waals surface area contributed by atoms with Crippen LogP contribution in [-0.2, 0) is 16.6 Å². The van der Waals surface area contributed by atoms with Gasteiger partial charge in [-0.05, 0) is 39.5 Å². The van der Waals surface area contributed by atoms with Gasteiger partial charge in [-0.1, -0.05) is 17.7 Å². The van der Waals surface area contributed by atoms with E-state index in [1.807, 2.05) is 11.4 Å². The number of hydrogen-bond donors (Lipinski definition) is 2. The van der Waals surface area contributed by atoms with Crippen molar-refractivity contribution in [3.05, 3.63) is 49.6 Å². The molecule has 0 bridgehead atoms. The fraction of sp³-hybridized carbons (Fsp3) is 0.0833. The molecule has 0 aliphatic heterocycles. The maximum absolute atomic E-state index is 12.2. The molecule has 0 atom stereocenters. The van der Waals surface area contributed by atoms with Crippen molar-refractivity contribution in [2.75, 3.05) is 0 Å². The monoisotopic (exact) mass is 409 g/mol. The van der Waals surface area contributed by atoms with Gasteiger partial charge in [-0.2, -0.15) is 0 Å². The molecule has 0 aliphatic rings. The summed E-state index contributed by atoms with van der Waals surface area (Å²) in [5.74, 6) is -1.30. The Morgan fingerprint density at radius 2 is 2.14 bits per heavy atom. The van der Waals surface area contributed by atoms with Crippen molar-refractivity contribution in [2.24, 2.45) is 0 Å². The Balaban J connectivity index is 2.33. The van der Waals surface area contributed by atoms with E-state index in [2.05, 4.69) is 20.7 Å². The van der Waals surface area contributed by atoms with Crippen molar-refractivity contribution in [2.45, 2.75) is 11.4 Å². The van der Waals surface area contributed by atoms with Gasteiger partial charge < -0.3 is 5.11 Å². The fourth-order valence-electron chi connectivity index (χ4n) is 1.54. The second kappa shape index (κ2) is 6.45. The van der Waals surface area contributed by atoms with Crippen molar-refractivity contribution in [1.29, 1.82) is 0 Å². The maximum atomic E-state index is 12.2. The third-order valence-electron chi connectivity index (χ3n) is 2.56. The topological polar surface area (TPSA) is 83.5 Å². The Morgan fingerprint density at radius 3 is 2.71 bits per heavy atom. The molecule has 9 heteroatoms. The van der Waals surface area contributed by atoms with Crippen LogP contribution in [0.1, 0.15) is 15.2 Å². The van der Waals surface area contributed by atoms with E-state index in [-0.39, 0.29) is 26.5 Å². The molecule has 2 aromatic rings. The molecule has 0 saturated carbocycles. The van der Waals surface area contributed by atoms with E-state index in [9.17, 15) is 13.2 Å². The first-order chi connectivity index (χ1) is 9.81. The Kier molecular flexibility index (Phi) is 5.05.